The summed E-state index contributed by atoms with van der Waals surface area (Å²) in [6.07, 6.45) is 7.59. The summed E-state index contributed by atoms with van der Waals surface area (Å²) < 4.78 is 22.0. The van der Waals surface area contributed by atoms with E-state index < -0.39 is 5.82 Å². The fraction of sp³-hybridized carbons (Fsp3) is 0.522. The van der Waals surface area contributed by atoms with Crippen LogP contribution in [0.2, 0.25) is 5.02 Å². The number of imidazole rings is 1. The van der Waals surface area contributed by atoms with E-state index in [4.69, 9.17) is 32.0 Å². The average Bonchev–Trinajstić information content (AvgIpc) is 3.19. The van der Waals surface area contributed by atoms with Gasteiger partial charge in [0.15, 0.2) is 5.65 Å². The van der Waals surface area contributed by atoms with Crippen molar-refractivity contribution in [1.29, 1.82) is 0 Å². The van der Waals surface area contributed by atoms with Gasteiger partial charge in [0.05, 0.1) is 11.9 Å². The fourth-order valence-electron chi connectivity index (χ4n) is 4.77. The van der Waals surface area contributed by atoms with Crippen LogP contribution in [-0.2, 0) is 4.74 Å². The van der Waals surface area contributed by atoms with Crippen LogP contribution in [0.4, 0.5) is 22.0 Å². The lowest BCUT2D eigenvalue weighted by atomic mass is 9.86. The molecule has 1 saturated carbocycles. The van der Waals surface area contributed by atoms with E-state index in [0.29, 0.717) is 34.9 Å². The van der Waals surface area contributed by atoms with Gasteiger partial charge in [0.1, 0.15) is 11.3 Å². The highest BCUT2D eigenvalue weighted by molar-refractivity contribution is 6.30. The van der Waals surface area contributed by atoms with Crippen LogP contribution in [0.25, 0.3) is 11.2 Å². The Kier molecular flexibility index (Phi) is 6.62. The molecule has 0 radical (unpaired) electrons. The Morgan fingerprint density at radius 2 is 1.91 bits per heavy atom. The first-order chi connectivity index (χ1) is 16.1. The molecule has 1 aliphatic carbocycles. The van der Waals surface area contributed by atoms with Crippen molar-refractivity contribution in [3.8, 4) is 0 Å². The zero-order valence-electron chi connectivity index (χ0n) is 18.4. The molecule has 0 spiro atoms. The average molecular weight is 474 g/mol. The molecule has 0 atom stereocenters. The van der Waals surface area contributed by atoms with E-state index in [-0.39, 0.29) is 17.8 Å². The predicted molar refractivity (Wildman–Crippen MR) is 128 cm³/mol. The van der Waals surface area contributed by atoms with Gasteiger partial charge in [-0.2, -0.15) is 4.98 Å². The van der Waals surface area contributed by atoms with Gasteiger partial charge < -0.3 is 21.1 Å². The van der Waals surface area contributed by atoms with E-state index in [1.54, 1.807) is 12.3 Å². The molecule has 1 aliphatic heterocycles. The maximum absolute atomic E-state index is 14.5. The second-order valence-electron chi connectivity index (χ2n) is 8.90. The zero-order valence-corrected chi connectivity index (χ0v) is 19.2. The number of hydrogen-bond donors (Lipinski definition) is 3. The Labute approximate surface area is 197 Å². The molecular formula is C23H29ClFN7O. The van der Waals surface area contributed by atoms with E-state index >= 15 is 0 Å². The number of halogens is 2. The zero-order chi connectivity index (χ0) is 22.8. The van der Waals surface area contributed by atoms with Crippen LogP contribution in [0.3, 0.4) is 0 Å². The summed E-state index contributed by atoms with van der Waals surface area (Å²) in [5.41, 5.74) is 7.59. The summed E-state index contributed by atoms with van der Waals surface area (Å²) in [5, 5.41) is 7.05. The van der Waals surface area contributed by atoms with E-state index in [2.05, 4.69) is 20.2 Å². The Balaban J connectivity index is 1.51. The molecule has 2 aliphatic rings. The number of rotatable bonds is 6. The van der Waals surface area contributed by atoms with E-state index in [0.717, 1.165) is 57.4 Å². The smallest absolute Gasteiger partial charge is 0.224 e. The van der Waals surface area contributed by atoms with E-state index in [9.17, 15) is 4.39 Å². The van der Waals surface area contributed by atoms with Gasteiger partial charge in [-0.3, -0.25) is 4.57 Å². The Morgan fingerprint density at radius 1 is 1.12 bits per heavy atom. The normalized spacial score (nSPS) is 21.9. The van der Waals surface area contributed by atoms with Crippen LogP contribution in [0.5, 0.6) is 0 Å². The topological polar surface area (TPSA) is 103 Å². The molecule has 10 heteroatoms. The predicted octanol–water partition coefficient (Wildman–Crippen LogP) is 4.64. The summed E-state index contributed by atoms with van der Waals surface area (Å²) in [7, 11) is 0. The van der Waals surface area contributed by atoms with Crippen molar-refractivity contribution in [2.75, 3.05) is 30.4 Å². The molecule has 2 aromatic heterocycles. The summed E-state index contributed by atoms with van der Waals surface area (Å²) in [6.45, 7) is 2.18. The van der Waals surface area contributed by atoms with Crippen LogP contribution >= 0.6 is 11.6 Å². The number of benzene rings is 1. The van der Waals surface area contributed by atoms with Gasteiger partial charge >= 0.3 is 0 Å². The molecule has 2 fully saturated rings. The maximum atomic E-state index is 14.5. The molecule has 3 aromatic rings. The first kappa shape index (κ1) is 22.3. The minimum Gasteiger partial charge on any atom is -0.381 e. The number of ether oxygens (including phenoxy) is 1. The third-order valence-electron chi connectivity index (χ3n) is 6.68. The molecule has 0 amide bonds. The molecule has 4 N–H and O–H groups in total. The SMILES string of the molecule is NC[C@H]1CC[C@H](n2c(Nc3cc(Cl)ccc3F)nc3cnc(NC4CCOCC4)nc32)CC1. The second kappa shape index (κ2) is 9.79. The summed E-state index contributed by atoms with van der Waals surface area (Å²) in [5.74, 6) is 1.27. The molecule has 0 bridgehead atoms. The second-order valence-corrected chi connectivity index (χ2v) is 9.33. The lowest BCUT2D eigenvalue weighted by Gasteiger charge is -2.30. The lowest BCUT2D eigenvalue weighted by molar-refractivity contribution is 0.0903. The van der Waals surface area contributed by atoms with E-state index in [1.807, 2.05) is 0 Å². The van der Waals surface area contributed by atoms with Gasteiger partial charge in [-0.1, -0.05) is 11.6 Å². The number of aromatic nitrogens is 4. The third kappa shape index (κ3) is 4.90. The molecule has 8 nitrogen and oxygen atoms in total. The number of anilines is 3. The molecule has 33 heavy (non-hydrogen) atoms. The Bertz CT molecular complexity index is 1110. The van der Waals surface area contributed by atoms with Gasteiger partial charge in [-0.15, -0.1) is 0 Å². The van der Waals surface area contributed by atoms with Crippen LogP contribution < -0.4 is 16.4 Å². The highest BCUT2D eigenvalue weighted by Gasteiger charge is 2.27. The van der Waals surface area contributed by atoms with Crippen LogP contribution in [-0.4, -0.2) is 45.3 Å². The Hall–Kier alpha value is -2.49. The molecule has 176 valence electrons. The highest BCUT2D eigenvalue weighted by Crippen LogP contribution is 2.37. The molecule has 5 rings (SSSR count). The number of nitrogens with two attached hydrogens (primary N) is 1. The fourth-order valence-corrected chi connectivity index (χ4v) is 4.94. The third-order valence-corrected chi connectivity index (χ3v) is 6.91. The van der Waals surface area contributed by atoms with Crippen molar-refractivity contribution in [2.45, 2.75) is 50.6 Å². The van der Waals surface area contributed by atoms with Crippen molar-refractivity contribution in [3.63, 3.8) is 0 Å². The van der Waals surface area contributed by atoms with Gasteiger partial charge in [0, 0.05) is 30.3 Å². The standard InChI is InChI=1S/C23H29ClFN7O/c24-15-3-6-18(25)19(11-15)29-23-30-20-13-27-22(28-16-7-9-33-10-8-16)31-21(20)32(23)17-4-1-14(12-26)2-5-17/h3,6,11,13-14,16-17H,1-2,4-5,7-10,12,26H2,(H,29,30)(H,27,28,31)/t14-,17-. The summed E-state index contributed by atoms with van der Waals surface area (Å²) in [4.78, 5) is 14.1. The monoisotopic (exact) mass is 473 g/mol. The van der Waals surface area contributed by atoms with Crippen molar-refractivity contribution in [1.82, 2.24) is 19.5 Å². The number of hydrogen-bond acceptors (Lipinski definition) is 7. The van der Waals surface area contributed by atoms with Crippen LogP contribution in [0.15, 0.2) is 24.4 Å². The van der Waals surface area contributed by atoms with Crippen molar-refractivity contribution in [2.24, 2.45) is 11.7 Å². The van der Waals surface area contributed by atoms with Crippen LogP contribution in [0.1, 0.15) is 44.6 Å². The molecule has 1 aromatic carbocycles. The maximum Gasteiger partial charge on any atom is 0.224 e. The largest absolute Gasteiger partial charge is 0.381 e. The minimum absolute atomic E-state index is 0.188. The highest BCUT2D eigenvalue weighted by atomic mass is 35.5. The summed E-state index contributed by atoms with van der Waals surface area (Å²) in [6, 6.07) is 4.91. The van der Waals surface area contributed by atoms with E-state index in [1.165, 1.54) is 12.1 Å². The Morgan fingerprint density at radius 3 is 2.67 bits per heavy atom. The first-order valence-electron chi connectivity index (χ1n) is 11.6. The van der Waals surface area contributed by atoms with Gasteiger partial charge in [0.25, 0.3) is 0 Å². The van der Waals surface area contributed by atoms with Gasteiger partial charge in [0.2, 0.25) is 11.9 Å². The quantitative estimate of drug-likeness (QED) is 0.479. The van der Waals surface area contributed by atoms with Crippen molar-refractivity contribution in [3.05, 3.63) is 35.2 Å². The number of nitrogens with zero attached hydrogens (tertiary/aromatic N) is 4. The molecule has 1 saturated heterocycles. The first-order valence-corrected chi connectivity index (χ1v) is 12.0. The molecule has 0 unspecified atom stereocenters. The van der Waals surface area contributed by atoms with Crippen LogP contribution in [0, 0.1) is 11.7 Å². The number of fused-ring (bicyclic) bond motifs is 1. The molecule has 3 heterocycles. The lowest BCUT2D eigenvalue weighted by Crippen LogP contribution is -2.28. The molecular weight excluding hydrogens is 445 g/mol. The summed E-state index contributed by atoms with van der Waals surface area (Å²) >= 11 is 6.11. The van der Waals surface area contributed by atoms with Crippen molar-refractivity contribution >= 4 is 40.3 Å². The number of nitrogens with one attached hydrogen (secondary N) is 2. The van der Waals surface area contributed by atoms with Crippen molar-refractivity contribution < 1.29 is 9.13 Å². The van der Waals surface area contributed by atoms with Gasteiger partial charge in [-0.25, -0.2) is 14.4 Å². The van der Waals surface area contributed by atoms with Gasteiger partial charge in [-0.05, 0) is 69.2 Å². The minimum atomic E-state index is -0.391.